The zero-order chi connectivity index (χ0) is 13.3. The van der Waals surface area contributed by atoms with E-state index in [9.17, 15) is 4.39 Å². The standard InChI is InChI=1S/C13H13FIN3/c1-7-6-9(4-5-10(7)14)12-17-8(2)11(15)13(16-3)18-12/h4-6H,1-3H3,(H,16,17,18). The number of rotatable bonds is 2. The van der Waals surface area contributed by atoms with Gasteiger partial charge >= 0.3 is 0 Å². The largest absolute Gasteiger partial charge is 0.372 e. The van der Waals surface area contributed by atoms with Crippen molar-refractivity contribution in [3.05, 3.63) is 38.8 Å². The van der Waals surface area contributed by atoms with Crippen molar-refractivity contribution < 1.29 is 4.39 Å². The van der Waals surface area contributed by atoms with Gasteiger partial charge in [-0.15, -0.1) is 0 Å². The molecule has 0 saturated carbocycles. The normalized spacial score (nSPS) is 10.5. The lowest BCUT2D eigenvalue weighted by Crippen LogP contribution is -2.03. The van der Waals surface area contributed by atoms with Crippen molar-refractivity contribution in [2.24, 2.45) is 0 Å². The van der Waals surface area contributed by atoms with E-state index in [1.54, 1.807) is 19.1 Å². The monoisotopic (exact) mass is 357 g/mol. The summed E-state index contributed by atoms with van der Waals surface area (Å²) in [6.45, 7) is 3.67. The minimum Gasteiger partial charge on any atom is -0.372 e. The summed E-state index contributed by atoms with van der Waals surface area (Å²) in [6.07, 6.45) is 0. The number of aryl methyl sites for hydroxylation is 2. The first-order valence-electron chi connectivity index (χ1n) is 5.51. The van der Waals surface area contributed by atoms with Crippen molar-refractivity contribution in [3.8, 4) is 11.4 Å². The molecule has 0 radical (unpaired) electrons. The molecule has 94 valence electrons. The van der Waals surface area contributed by atoms with Crippen molar-refractivity contribution in [3.63, 3.8) is 0 Å². The lowest BCUT2D eigenvalue weighted by Gasteiger charge is -2.09. The predicted octanol–water partition coefficient (Wildman–Crippen LogP) is 3.55. The van der Waals surface area contributed by atoms with Crippen LogP contribution in [0.25, 0.3) is 11.4 Å². The van der Waals surface area contributed by atoms with E-state index in [4.69, 9.17) is 0 Å². The minimum atomic E-state index is -0.213. The fourth-order valence-corrected chi connectivity index (χ4v) is 2.15. The number of nitrogens with zero attached hydrogens (tertiary/aromatic N) is 2. The van der Waals surface area contributed by atoms with Crippen molar-refractivity contribution in [2.75, 3.05) is 12.4 Å². The minimum absolute atomic E-state index is 0.213. The quantitative estimate of drug-likeness (QED) is 0.836. The maximum atomic E-state index is 13.2. The second-order valence-corrected chi connectivity index (χ2v) is 5.09. The Bertz CT molecular complexity index is 599. The summed E-state index contributed by atoms with van der Waals surface area (Å²) >= 11 is 2.21. The summed E-state index contributed by atoms with van der Waals surface area (Å²) in [5.41, 5.74) is 2.33. The zero-order valence-corrected chi connectivity index (χ0v) is 12.5. The number of aromatic nitrogens is 2. The van der Waals surface area contributed by atoms with Crippen molar-refractivity contribution >= 4 is 28.4 Å². The molecule has 0 fully saturated rings. The van der Waals surface area contributed by atoms with Crippen LogP contribution in [0.15, 0.2) is 18.2 Å². The average molecular weight is 357 g/mol. The SMILES string of the molecule is CNc1nc(-c2ccc(F)c(C)c2)nc(C)c1I. The number of benzene rings is 1. The Morgan fingerprint density at radius 3 is 2.56 bits per heavy atom. The molecule has 1 aromatic carbocycles. The molecule has 5 heteroatoms. The van der Waals surface area contributed by atoms with Gasteiger partial charge in [0.25, 0.3) is 0 Å². The molecule has 0 saturated heterocycles. The Morgan fingerprint density at radius 1 is 1.22 bits per heavy atom. The third kappa shape index (κ3) is 2.45. The average Bonchev–Trinajstić information content (AvgIpc) is 2.36. The van der Waals surface area contributed by atoms with Gasteiger partial charge in [-0.1, -0.05) is 0 Å². The van der Waals surface area contributed by atoms with Crippen molar-refractivity contribution in [2.45, 2.75) is 13.8 Å². The molecular formula is C13H13FIN3. The van der Waals surface area contributed by atoms with Crippen LogP contribution in [0.5, 0.6) is 0 Å². The molecular weight excluding hydrogens is 344 g/mol. The van der Waals surface area contributed by atoms with Crippen LogP contribution < -0.4 is 5.32 Å². The molecule has 1 aromatic heterocycles. The molecule has 0 spiro atoms. The Hall–Kier alpha value is -1.24. The van der Waals surface area contributed by atoms with E-state index in [1.165, 1.54) is 6.07 Å². The first-order valence-corrected chi connectivity index (χ1v) is 6.59. The van der Waals surface area contributed by atoms with E-state index in [0.29, 0.717) is 11.4 Å². The van der Waals surface area contributed by atoms with Crippen LogP contribution in [0.1, 0.15) is 11.3 Å². The molecule has 0 aliphatic rings. The lowest BCUT2D eigenvalue weighted by atomic mass is 10.1. The van der Waals surface area contributed by atoms with E-state index in [2.05, 4.69) is 37.9 Å². The van der Waals surface area contributed by atoms with Crippen LogP contribution in [0.3, 0.4) is 0 Å². The number of anilines is 1. The number of hydrogen-bond acceptors (Lipinski definition) is 3. The molecule has 0 aliphatic heterocycles. The molecule has 18 heavy (non-hydrogen) atoms. The first-order chi connectivity index (χ1) is 8.52. The third-order valence-electron chi connectivity index (χ3n) is 2.67. The van der Waals surface area contributed by atoms with Crippen LogP contribution in [0.4, 0.5) is 10.2 Å². The van der Waals surface area contributed by atoms with Gasteiger partial charge in [0.05, 0.1) is 9.26 Å². The molecule has 0 aliphatic carbocycles. The Labute approximate surface area is 119 Å². The van der Waals surface area contributed by atoms with Gasteiger partial charge in [0, 0.05) is 12.6 Å². The molecule has 0 amide bonds. The summed E-state index contributed by atoms with van der Waals surface area (Å²) in [7, 11) is 1.82. The highest BCUT2D eigenvalue weighted by atomic mass is 127. The topological polar surface area (TPSA) is 37.8 Å². The van der Waals surface area contributed by atoms with Gasteiger partial charge < -0.3 is 5.32 Å². The summed E-state index contributed by atoms with van der Waals surface area (Å²) in [5, 5.41) is 3.04. The van der Waals surface area contributed by atoms with E-state index in [0.717, 1.165) is 20.6 Å². The van der Waals surface area contributed by atoms with E-state index < -0.39 is 0 Å². The van der Waals surface area contributed by atoms with Gasteiger partial charge in [0.15, 0.2) is 5.82 Å². The summed E-state index contributed by atoms with van der Waals surface area (Å²) < 4.78 is 14.2. The fraction of sp³-hybridized carbons (Fsp3) is 0.231. The molecule has 3 nitrogen and oxygen atoms in total. The summed E-state index contributed by atoms with van der Waals surface area (Å²) in [6, 6.07) is 4.90. The Morgan fingerprint density at radius 2 is 1.94 bits per heavy atom. The van der Waals surface area contributed by atoms with Crippen LogP contribution in [-0.2, 0) is 0 Å². The predicted molar refractivity (Wildman–Crippen MR) is 79.2 cm³/mol. The smallest absolute Gasteiger partial charge is 0.161 e. The molecule has 1 N–H and O–H groups in total. The third-order valence-corrected chi connectivity index (χ3v) is 3.96. The van der Waals surface area contributed by atoms with Crippen LogP contribution in [-0.4, -0.2) is 17.0 Å². The number of nitrogens with one attached hydrogen (secondary N) is 1. The van der Waals surface area contributed by atoms with E-state index in [1.807, 2.05) is 14.0 Å². The van der Waals surface area contributed by atoms with Crippen LogP contribution in [0, 0.1) is 23.2 Å². The second kappa shape index (κ2) is 5.17. The Kier molecular flexibility index (Phi) is 3.79. The van der Waals surface area contributed by atoms with Gasteiger partial charge in [-0.3, -0.25) is 0 Å². The number of hydrogen-bond donors (Lipinski definition) is 1. The lowest BCUT2D eigenvalue weighted by molar-refractivity contribution is 0.618. The second-order valence-electron chi connectivity index (χ2n) is 4.01. The summed E-state index contributed by atoms with van der Waals surface area (Å²) in [5.74, 6) is 1.19. The molecule has 0 atom stereocenters. The highest BCUT2D eigenvalue weighted by Gasteiger charge is 2.10. The molecule has 0 bridgehead atoms. The van der Waals surface area contributed by atoms with E-state index >= 15 is 0 Å². The molecule has 2 rings (SSSR count). The molecule has 0 unspecified atom stereocenters. The Balaban J connectivity index is 2.57. The van der Waals surface area contributed by atoms with Crippen LogP contribution >= 0.6 is 22.6 Å². The summed E-state index contributed by atoms with van der Waals surface area (Å²) in [4.78, 5) is 8.88. The van der Waals surface area contributed by atoms with Crippen molar-refractivity contribution in [1.82, 2.24) is 9.97 Å². The highest BCUT2D eigenvalue weighted by molar-refractivity contribution is 14.1. The fourth-order valence-electron chi connectivity index (χ4n) is 1.64. The zero-order valence-electron chi connectivity index (χ0n) is 10.4. The first kappa shape index (κ1) is 13.2. The van der Waals surface area contributed by atoms with E-state index in [-0.39, 0.29) is 5.82 Å². The van der Waals surface area contributed by atoms with Gasteiger partial charge in [-0.2, -0.15) is 0 Å². The molecule has 1 heterocycles. The maximum Gasteiger partial charge on any atom is 0.161 e. The van der Waals surface area contributed by atoms with Gasteiger partial charge in [-0.05, 0) is 60.2 Å². The van der Waals surface area contributed by atoms with Crippen molar-refractivity contribution in [1.29, 1.82) is 0 Å². The van der Waals surface area contributed by atoms with Crippen LogP contribution in [0.2, 0.25) is 0 Å². The molecule has 2 aromatic rings. The maximum absolute atomic E-state index is 13.2. The number of halogens is 2. The van der Waals surface area contributed by atoms with Gasteiger partial charge in [0.2, 0.25) is 0 Å². The highest BCUT2D eigenvalue weighted by Crippen LogP contribution is 2.24. The van der Waals surface area contributed by atoms with Gasteiger partial charge in [-0.25, -0.2) is 14.4 Å². The van der Waals surface area contributed by atoms with Gasteiger partial charge in [0.1, 0.15) is 11.6 Å².